The third kappa shape index (κ3) is 10.7. The number of carbonyl (C=O) groups is 5. The van der Waals surface area contributed by atoms with Crippen LogP contribution in [0.1, 0.15) is 97.6 Å². The number of likely N-dealkylation sites (tertiary alicyclic amines) is 1. The lowest BCUT2D eigenvalue weighted by Gasteiger charge is -2.37. The Kier molecular flexibility index (Phi) is 15.2. The second-order valence-corrected chi connectivity index (χ2v) is 20.0. The number of carbonyl (C=O) groups excluding carboxylic acids is 5. The highest BCUT2D eigenvalue weighted by Crippen LogP contribution is 2.42. The Labute approximate surface area is 399 Å². The molecule has 0 radical (unpaired) electrons. The van der Waals surface area contributed by atoms with Crippen LogP contribution in [-0.2, 0) is 52.8 Å². The Morgan fingerprint density at radius 3 is 2.50 bits per heavy atom. The van der Waals surface area contributed by atoms with Crippen LogP contribution in [0.25, 0.3) is 33.3 Å². The summed E-state index contributed by atoms with van der Waals surface area (Å²) in [7, 11) is 3.25. The smallest absolute Gasteiger partial charge is 0.410 e. The summed E-state index contributed by atoms with van der Waals surface area (Å²) in [6.45, 7) is 17.0. The number of phenolic OH excluding ortho intramolecular Hbond substituents is 1. The van der Waals surface area contributed by atoms with Crippen LogP contribution >= 0.6 is 0 Å². The molecule has 3 aliphatic heterocycles. The number of hydrogen-bond donors (Lipinski definition) is 3. The van der Waals surface area contributed by atoms with E-state index in [-0.39, 0.29) is 55.9 Å². The number of hydrogen-bond acceptors (Lipinski definition) is 11. The van der Waals surface area contributed by atoms with Crippen molar-refractivity contribution >= 4 is 40.7 Å². The second-order valence-electron chi connectivity index (χ2n) is 20.0. The summed E-state index contributed by atoms with van der Waals surface area (Å²) in [5, 5.41) is 16.7. The molecule has 0 saturated carbocycles. The second kappa shape index (κ2) is 20.7. The SMILES string of the molecule is CCn1c(-c2cccnc2[C@H](C)OC)c2c3cc(ccc31)-c1cc(O)cc(c1)C[C@H](NC(=O)C(C(C)C)N(C)C(=O)[C@H]1CCN(C(=O)OC(C)C)C1)C(=O)N1CCC[C@H](N1)C(=O)OCC(C)(C)C2. The number of cyclic esters (lactones) is 1. The van der Waals surface area contributed by atoms with Gasteiger partial charge in [0.25, 0.3) is 5.91 Å². The number of hydrazine groups is 1. The lowest BCUT2D eigenvalue weighted by Crippen LogP contribution is -2.62. The van der Waals surface area contributed by atoms with Crippen molar-refractivity contribution in [3.05, 3.63) is 71.5 Å². The number of ether oxygens (including phenoxy) is 3. The van der Waals surface area contributed by atoms with Crippen LogP contribution in [0.15, 0.2) is 54.7 Å². The quantitative estimate of drug-likeness (QED) is 0.142. The number of esters is 1. The van der Waals surface area contributed by atoms with Crippen LogP contribution in [0.2, 0.25) is 0 Å². The van der Waals surface area contributed by atoms with Gasteiger partial charge < -0.3 is 39.0 Å². The van der Waals surface area contributed by atoms with E-state index < -0.39 is 53.3 Å². The van der Waals surface area contributed by atoms with Gasteiger partial charge >= 0.3 is 12.1 Å². The molecular weight excluding hydrogens is 867 g/mol. The van der Waals surface area contributed by atoms with E-state index >= 15 is 0 Å². The average molecular weight is 936 g/mol. The number of amides is 4. The third-order valence-electron chi connectivity index (χ3n) is 13.5. The van der Waals surface area contributed by atoms with Crippen LogP contribution in [0, 0.1) is 17.3 Å². The fraction of sp³-hybridized carbons (Fsp3) is 0.538. The number of fused-ring (bicyclic) bond motifs is 6. The zero-order valence-electron chi connectivity index (χ0n) is 41.3. The number of rotatable bonds is 10. The third-order valence-corrected chi connectivity index (χ3v) is 13.5. The molecular formula is C52H69N7O9. The Bertz CT molecular complexity index is 2530. The molecule has 5 atom stereocenters. The minimum atomic E-state index is -1.17. The van der Waals surface area contributed by atoms with Crippen molar-refractivity contribution in [2.24, 2.45) is 17.3 Å². The first kappa shape index (κ1) is 49.9. The Balaban J connectivity index is 1.29. The molecule has 1 unspecified atom stereocenters. The summed E-state index contributed by atoms with van der Waals surface area (Å²) in [5.74, 6) is -2.70. The van der Waals surface area contributed by atoms with E-state index in [2.05, 4.69) is 54.3 Å². The summed E-state index contributed by atoms with van der Waals surface area (Å²) in [6.07, 6.45) is 2.58. The number of phenols is 1. The lowest BCUT2D eigenvalue weighted by molar-refractivity contribution is -0.155. The fourth-order valence-electron chi connectivity index (χ4n) is 10.1. The van der Waals surface area contributed by atoms with Gasteiger partial charge in [0.05, 0.1) is 36.1 Å². The normalized spacial score (nSPS) is 20.8. The number of likely N-dealkylation sites (N-methyl/N-ethyl adjacent to an activating group) is 1. The van der Waals surface area contributed by atoms with Crippen molar-refractivity contribution in [2.75, 3.05) is 40.4 Å². The number of aromatic hydroxyl groups is 1. The van der Waals surface area contributed by atoms with E-state index in [0.717, 1.165) is 39.0 Å². The Morgan fingerprint density at radius 1 is 1.03 bits per heavy atom. The highest BCUT2D eigenvalue weighted by molar-refractivity contribution is 5.96. The minimum absolute atomic E-state index is 0.0153. The molecule has 16 nitrogen and oxygen atoms in total. The Hall–Kier alpha value is -6.00. The molecule has 2 saturated heterocycles. The standard InChI is InChI=1S/C52H69N7O9/c1-11-58-43-17-16-34-26-39(43)40(46(58)38-14-12-19-53-44(38)32(6)66-10)27-52(7,8)29-67-50(64)41-15-13-20-59(55-41)49(63)42(24-33-22-36(34)25-37(60)23-33)54-47(61)45(30(2)3)56(9)48(62)35-18-21-57(28-35)51(65)68-31(4)5/h12,14,16-17,19,22-23,25-26,30-32,35,41-42,45,55,60H,11,13,15,18,20-21,24,27-29H2,1-10H3,(H,54,61)/t32-,35-,41-,42-,45?/m0/s1. The zero-order valence-corrected chi connectivity index (χ0v) is 41.3. The zero-order chi connectivity index (χ0) is 49.2. The van der Waals surface area contributed by atoms with Crippen molar-refractivity contribution in [1.29, 1.82) is 0 Å². The van der Waals surface area contributed by atoms with E-state index in [1.165, 1.54) is 14.8 Å². The first-order valence-corrected chi connectivity index (χ1v) is 24.0. The minimum Gasteiger partial charge on any atom is -0.508 e. The molecule has 6 bridgehead atoms. The summed E-state index contributed by atoms with van der Waals surface area (Å²) in [6, 6.07) is 12.5. The number of aryl methyl sites for hydroxylation is 1. The maximum absolute atomic E-state index is 14.8. The number of pyridine rings is 1. The summed E-state index contributed by atoms with van der Waals surface area (Å²) >= 11 is 0. The molecule has 3 N–H and O–H groups in total. The number of aromatic nitrogens is 2. The molecule has 0 aliphatic carbocycles. The van der Waals surface area contributed by atoms with Gasteiger partial charge in [-0.1, -0.05) is 39.8 Å². The highest BCUT2D eigenvalue weighted by atomic mass is 16.6. The van der Waals surface area contributed by atoms with Crippen molar-refractivity contribution in [1.82, 2.24) is 35.1 Å². The van der Waals surface area contributed by atoms with E-state index in [0.29, 0.717) is 49.9 Å². The monoisotopic (exact) mass is 936 g/mol. The average Bonchev–Trinajstić information content (AvgIpc) is 3.92. The first-order chi connectivity index (χ1) is 32.3. The number of methoxy groups -OCH3 is 1. The molecule has 2 aromatic heterocycles. The van der Waals surface area contributed by atoms with Gasteiger partial charge in [0.1, 0.15) is 23.9 Å². The summed E-state index contributed by atoms with van der Waals surface area (Å²) in [4.78, 5) is 77.7. The van der Waals surface area contributed by atoms with Gasteiger partial charge in [0.2, 0.25) is 11.8 Å². The largest absolute Gasteiger partial charge is 0.508 e. The van der Waals surface area contributed by atoms with Gasteiger partial charge in [-0.15, -0.1) is 0 Å². The number of benzene rings is 2. The molecule has 7 rings (SSSR count). The molecule has 366 valence electrons. The summed E-state index contributed by atoms with van der Waals surface area (Å²) in [5.41, 5.74) is 9.51. The van der Waals surface area contributed by atoms with Crippen LogP contribution in [0.3, 0.4) is 0 Å². The van der Waals surface area contributed by atoms with Crippen molar-refractivity contribution < 1.29 is 43.3 Å². The molecule has 0 spiro atoms. The lowest BCUT2D eigenvalue weighted by atomic mass is 9.84. The van der Waals surface area contributed by atoms with E-state index in [1.54, 1.807) is 46.3 Å². The number of nitrogens with one attached hydrogen (secondary N) is 2. The topological polar surface area (TPSA) is 185 Å². The van der Waals surface area contributed by atoms with Crippen molar-refractivity contribution in [3.8, 4) is 28.1 Å². The van der Waals surface area contributed by atoms with Crippen LogP contribution in [0.4, 0.5) is 4.79 Å². The summed E-state index contributed by atoms with van der Waals surface area (Å²) < 4.78 is 19.6. The molecule has 5 heterocycles. The Morgan fingerprint density at radius 2 is 1.79 bits per heavy atom. The van der Waals surface area contributed by atoms with Gasteiger partial charge in [0.15, 0.2) is 0 Å². The predicted molar refractivity (Wildman–Crippen MR) is 258 cm³/mol. The van der Waals surface area contributed by atoms with Gasteiger partial charge in [-0.25, -0.2) is 10.2 Å². The maximum Gasteiger partial charge on any atom is 0.410 e. The molecule has 4 aromatic rings. The first-order valence-electron chi connectivity index (χ1n) is 24.0. The molecule has 2 aromatic carbocycles. The van der Waals surface area contributed by atoms with Gasteiger partial charge in [0, 0.05) is 74.8 Å². The van der Waals surface area contributed by atoms with Crippen LogP contribution < -0.4 is 10.7 Å². The maximum atomic E-state index is 14.8. The van der Waals surface area contributed by atoms with E-state index in [1.807, 2.05) is 39.0 Å². The van der Waals surface area contributed by atoms with Crippen molar-refractivity contribution in [3.63, 3.8) is 0 Å². The highest BCUT2D eigenvalue weighted by Gasteiger charge is 2.41. The molecule has 4 amide bonds. The van der Waals surface area contributed by atoms with Crippen LogP contribution in [0.5, 0.6) is 5.75 Å². The molecule has 68 heavy (non-hydrogen) atoms. The number of nitrogens with zero attached hydrogens (tertiary/aromatic N) is 5. The van der Waals surface area contributed by atoms with Crippen LogP contribution in [-0.4, -0.2) is 124 Å². The van der Waals surface area contributed by atoms with Gasteiger partial charge in [-0.2, -0.15) is 0 Å². The van der Waals surface area contributed by atoms with E-state index in [4.69, 9.17) is 19.2 Å². The molecule has 16 heteroatoms. The van der Waals surface area contributed by atoms with Gasteiger partial charge in [-0.3, -0.25) is 29.2 Å². The molecule has 2 fully saturated rings. The molecule has 3 aliphatic rings. The van der Waals surface area contributed by atoms with E-state index in [9.17, 15) is 29.1 Å². The fourth-order valence-corrected chi connectivity index (χ4v) is 10.1. The predicted octanol–water partition coefficient (Wildman–Crippen LogP) is 6.80. The van der Waals surface area contributed by atoms with Crippen molar-refractivity contribution in [2.45, 2.75) is 124 Å². The van der Waals surface area contributed by atoms with Gasteiger partial charge in [-0.05, 0) is 118 Å².